The van der Waals surface area contributed by atoms with Crippen LogP contribution in [0.2, 0.25) is 0 Å². The predicted octanol–water partition coefficient (Wildman–Crippen LogP) is 1.35. The summed E-state index contributed by atoms with van der Waals surface area (Å²) in [5.74, 6) is 0.440. The van der Waals surface area contributed by atoms with Gasteiger partial charge in [0.1, 0.15) is 0 Å². The van der Waals surface area contributed by atoms with E-state index in [0.717, 1.165) is 30.5 Å². The van der Waals surface area contributed by atoms with Crippen LogP contribution in [0.1, 0.15) is 6.42 Å². The van der Waals surface area contributed by atoms with Gasteiger partial charge in [0.2, 0.25) is 5.91 Å². The van der Waals surface area contributed by atoms with Crippen LogP contribution in [0.3, 0.4) is 0 Å². The molecule has 0 aliphatic carbocycles. The standard InChI is InChI=1S/C13H18BrN3O/c14-11-2-1-3-12(6-11)17-5-4-10(9-17)8-16-13(18)7-15/h1-3,6,10H,4-5,7-9,15H2,(H,16,18). The molecule has 5 heteroatoms. The summed E-state index contributed by atoms with van der Waals surface area (Å²) in [6, 6.07) is 8.31. The van der Waals surface area contributed by atoms with Crippen molar-refractivity contribution in [2.24, 2.45) is 11.7 Å². The van der Waals surface area contributed by atoms with Gasteiger partial charge < -0.3 is 16.0 Å². The molecule has 0 bridgehead atoms. The highest BCUT2D eigenvalue weighted by Gasteiger charge is 2.22. The van der Waals surface area contributed by atoms with E-state index in [1.807, 2.05) is 12.1 Å². The van der Waals surface area contributed by atoms with Gasteiger partial charge in [-0.3, -0.25) is 4.79 Å². The minimum absolute atomic E-state index is 0.0715. The fourth-order valence-electron chi connectivity index (χ4n) is 2.24. The second-order valence-corrected chi connectivity index (χ2v) is 5.50. The summed E-state index contributed by atoms with van der Waals surface area (Å²) in [5.41, 5.74) is 6.50. The third kappa shape index (κ3) is 3.46. The first-order valence-electron chi connectivity index (χ1n) is 6.16. The van der Waals surface area contributed by atoms with Crippen molar-refractivity contribution in [2.45, 2.75) is 6.42 Å². The van der Waals surface area contributed by atoms with Crippen molar-refractivity contribution in [1.29, 1.82) is 0 Å². The van der Waals surface area contributed by atoms with Gasteiger partial charge in [0.25, 0.3) is 0 Å². The smallest absolute Gasteiger partial charge is 0.233 e. The molecule has 98 valence electrons. The van der Waals surface area contributed by atoms with Gasteiger partial charge in [0.15, 0.2) is 0 Å². The minimum atomic E-state index is -0.0732. The topological polar surface area (TPSA) is 58.4 Å². The van der Waals surface area contributed by atoms with Crippen LogP contribution in [-0.4, -0.2) is 32.1 Å². The van der Waals surface area contributed by atoms with Crippen molar-refractivity contribution in [3.05, 3.63) is 28.7 Å². The lowest BCUT2D eigenvalue weighted by Gasteiger charge is -2.19. The summed E-state index contributed by atoms with van der Waals surface area (Å²) >= 11 is 3.49. The fraction of sp³-hybridized carbons (Fsp3) is 0.462. The Balaban J connectivity index is 1.86. The molecule has 0 radical (unpaired) electrons. The first kappa shape index (κ1) is 13.4. The highest BCUT2D eigenvalue weighted by atomic mass is 79.9. The van der Waals surface area contributed by atoms with Gasteiger partial charge in [-0.2, -0.15) is 0 Å². The van der Waals surface area contributed by atoms with Crippen LogP contribution >= 0.6 is 15.9 Å². The predicted molar refractivity (Wildman–Crippen MR) is 76.5 cm³/mol. The van der Waals surface area contributed by atoms with Crippen LogP contribution in [0.15, 0.2) is 28.7 Å². The van der Waals surface area contributed by atoms with Gasteiger partial charge in [-0.1, -0.05) is 22.0 Å². The van der Waals surface area contributed by atoms with Crippen molar-refractivity contribution < 1.29 is 4.79 Å². The Hall–Kier alpha value is -1.07. The van der Waals surface area contributed by atoms with E-state index in [0.29, 0.717) is 5.92 Å². The molecule has 1 aliphatic rings. The molecule has 1 heterocycles. The molecule has 0 spiro atoms. The quantitative estimate of drug-likeness (QED) is 0.882. The van der Waals surface area contributed by atoms with Gasteiger partial charge in [-0.05, 0) is 30.5 Å². The molecular formula is C13H18BrN3O. The maximum atomic E-state index is 11.1. The number of benzene rings is 1. The van der Waals surface area contributed by atoms with E-state index in [9.17, 15) is 4.79 Å². The average molecular weight is 312 g/mol. The first-order valence-corrected chi connectivity index (χ1v) is 6.95. The molecule has 4 nitrogen and oxygen atoms in total. The highest BCUT2D eigenvalue weighted by molar-refractivity contribution is 9.10. The molecule has 1 fully saturated rings. The van der Waals surface area contributed by atoms with Crippen LogP contribution in [0.25, 0.3) is 0 Å². The maximum absolute atomic E-state index is 11.1. The lowest BCUT2D eigenvalue weighted by atomic mass is 10.1. The molecule has 3 N–H and O–H groups in total. The molecule has 1 atom stereocenters. The molecule has 1 amide bonds. The van der Waals surface area contributed by atoms with Crippen molar-refractivity contribution >= 4 is 27.5 Å². The van der Waals surface area contributed by atoms with E-state index in [4.69, 9.17) is 5.73 Å². The zero-order valence-corrected chi connectivity index (χ0v) is 11.8. The van der Waals surface area contributed by atoms with Crippen LogP contribution in [0.5, 0.6) is 0 Å². The van der Waals surface area contributed by atoms with Crippen molar-refractivity contribution in [2.75, 3.05) is 31.1 Å². The van der Waals surface area contributed by atoms with Gasteiger partial charge in [0.05, 0.1) is 6.54 Å². The molecule has 0 saturated carbocycles. The summed E-state index contributed by atoms with van der Waals surface area (Å²) in [6.07, 6.45) is 1.11. The molecule has 2 rings (SSSR count). The van der Waals surface area contributed by atoms with Gasteiger partial charge in [0, 0.05) is 29.8 Å². The summed E-state index contributed by atoms with van der Waals surface area (Å²) in [6.45, 7) is 2.82. The van der Waals surface area contributed by atoms with Crippen LogP contribution in [0.4, 0.5) is 5.69 Å². The number of anilines is 1. The highest BCUT2D eigenvalue weighted by Crippen LogP contribution is 2.25. The van der Waals surface area contributed by atoms with Crippen LogP contribution in [-0.2, 0) is 4.79 Å². The van der Waals surface area contributed by atoms with E-state index in [-0.39, 0.29) is 12.5 Å². The van der Waals surface area contributed by atoms with Crippen molar-refractivity contribution in [3.8, 4) is 0 Å². The number of carbonyl (C=O) groups is 1. The Morgan fingerprint density at radius 1 is 1.56 bits per heavy atom. The summed E-state index contributed by atoms with van der Waals surface area (Å²) < 4.78 is 1.10. The second kappa shape index (κ2) is 6.20. The van der Waals surface area contributed by atoms with Crippen molar-refractivity contribution in [3.63, 3.8) is 0 Å². The number of halogens is 1. The Labute approximate surface area is 116 Å². The normalized spacial score (nSPS) is 19.0. The Bertz CT molecular complexity index is 424. The number of nitrogens with one attached hydrogen (secondary N) is 1. The fourth-order valence-corrected chi connectivity index (χ4v) is 2.62. The third-order valence-electron chi connectivity index (χ3n) is 3.23. The zero-order chi connectivity index (χ0) is 13.0. The Kier molecular flexibility index (Phi) is 4.60. The monoisotopic (exact) mass is 311 g/mol. The first-order chi connectivity index (χ1) is 8.69. The van der Waals surface area contributed by atoms with Gasteiger partial charge in [-0.15, -0.1) is 0 Å². The SMILES string of the molecule is NCC(=O)NCC1CCN(c2cccc(Br)c2)C1. The Morgan fingerprint density at radius 3 is 3.11 bits per heavy atom. The summed E-state index contributed by atoms with van der Waals surface area (Å²) in [4.78, 5) is 13.5. The van der Waals surface area contributed by atoms with Gasteiger partial charge >= 0.3 is 0 Å². The maximum Gasteiger partial charge on any atom is 0.233 e. The number of carbonyl (C=O) groups excluding carboxylic acids is 1. The van der Waals surface area contributed by atoms with Gasteiger partial charge in [-0.25, -0.2) is 0 Å². The van der Waals surface area contributed by atoms with E-state index in [2.05, 4.69) is 38.3 Å². The Morgan fingerprint density at radius 2 is 2.39 bits per heavy atom. The number of nitrogens with zero attached hydrogens (tertiary/aromatic N) is 1. The van der Waals surface area contributed by atoms with E-state index < -0.39 is 0 Å². The van der Waals surface area contributed by atoms with E-state index >= 15 is 0 Å². The molecule has 1 aliphatic heterocycles. The summed E-state index contributed by atoms with van der Waals surface area (Å²) in [5, 5.41) is 2.86. The number of nitrogens with two attached hydrogens (primary N) is 1. The average Bonchev–Trinajstić information content (AvgIpc) is 2.84. The van der Waals surface area contributed by atoms with Crippen LogP contribution in [0, 0.1) is 5.92 Å². The molecule has 1 aromatic rings. The zero-order valence-electron chi connectivity index (χ0n) is 10.2. The lowest BCUT2D eigenvalue weighted by Crippen LogP contribution is -2.35. The molecule has 1 saturated heterocycles. The second-order valence-electron chi connectivity index (χ2n) is 4.59. The molecule has 1 unspecified atom stereocenters. The largest absolute Gasteiger partial charge is 0.371 e. The van der Waals surface area contributed by atoms with Crippen molar-refractivity contribution in [1.82, 2.24) is 5.32 Å². The molecule has 1 aromatic carbocycles. The number of hydrogen-bond acceptors (Lipinski definition) is 3. The van der Waals surface area contributed by atoms with E-state index in [1.54, 1.807) is 0 Å². The molecule has 18 heavy (non-hydrogen) atoms. The number of rotatable bonds is 4. The van der Waals surface area contributed by atoms with Crippen LogP contribution < -0.4 is 16.0 Å². The number of hydrogen-bond donors (Lipinski definition) is 2. The molecule has 0 aromatic heterocycles. The minimum Gasteiger partial charge on any atom is -0.371 e. The third-order valence-corrected chi connectivity index (χ3v) is 3.73. The van der Waals surface area contributed by atoms with E-state index in [1.165, 1.54) is 5.69 Å². The summed E-state index contributed by atoms with van der Waals surface area (Å²) in [7, 11) is 0. The lowest BCUT2D eigenvalue weighted by molar-refractivity contribution is -0.119. The number of amides is 1. The molecular weight excluding hydrogens is 294 g/mol.